The molecule has 0 saturated heterocycles. The zero-order valence-electron chi connectivity index (χ0n) is 7.62. The number of carbonyl (C=O) groups is 1. The highest BCUT2D eigenvalue weighted by atomic mass is 16.1. The fourth-order valence-electron chi connectivity index (χ4n) is 2.54. The van der Waals surface area contributed by atoms with Crippen molar-refractivity contribution < 1.29 is 4.79 Å². The highest BCUT2D eigenvalue weighted by Gasteiger charge is 2.32. The Hall–Kier alpha value is -0.590. The van der Waals surface area contributed by atoms with Gasteiger partial charge in [-0.15, -0.1) is 0 Å². The lowest BCUT2D eigenvalue weighted by molar-refractivity contribution is -0.125. The topological polar surface area (TPSA) is 17.1 Å². The predicted octanol–water partition coefficient (Wildman–Crippen LogP) is 2.57. The van der Waals surface area contributed by atoms with Gasteiger partial charge in [0.15, 0.2) is 0 Å². The van der Waals surface area contributed by atoms with Gasteiger partial charge in [0.25, 0.3) is 0 Å². The maximum absolute atomic E-state index is 11.5. The zero-order valence-corrected chi connectivity index (χ0v) is 7.62. The van der Waals surface area contributed by atoms with Crippen molar-refractivity contribution in [1.82, 2.24) is 0 Å². The van der Waals surface area contributed by atoms with Crippen LogP contribution in [0.2, 0.25) is 0 Å². The van der Waals surface area contributed by atoms with Crippen molar-refractivity contribution in [3.05, 3.63) is 12.2 Å². The molecule has 0 amide bonds. The molecule has 0 spiro atoms. The van der Waals surface area contributed by atoms with Gasteiger partial charge in [-0.3, -0.25) is 4.79 Å². The first-order valence-corrected chi connectivity index (χ1v) is 4.98. The minimum Gasteiger partial charge on any atom is -0.299 e. The van der Waals surface area contributed by atoms with Crippen LogP contribution in [0.15, 0.2) is 12.2 Å². The van der Waals surface area contributed by atoms with E-state index < -0.39 is 0 Å². The van der Waals surface area contributed by atoms with Crippen molar-refractivity contribution in [2.45, 2.75) is 32.6 Å². The van der Waals surface area contributed by atoms with Gasteiger partial charge >= 0.3 is 0 Å². The number of hydrogen-bond acceptors (Lipinski definition) is 1. The van der Waals surface area contributed by atoms with Crippen LogP contribution in [0.25, 0.3) is 0 Å². The number of hydrogen-bond donors (Lipinski definition) is 0. The quantitative estimate of drug-likeness (QED) is 0.503. The smallest absolute Gasteiger partial charge is 0.139 e. The molecule has 0 aromatic heterocycles. The lowest BCUT2D eigenvalue weighted by Gasteiger charge is -2.33. The van der Waals surface area contributed by atoms with Gasteiger partial charge in [0.1, 0.15) is 5.78 Å². The van der Waals surface area contributed by atoms with E-state index in [1.807, 2.05) is 0 Å². The standard InChI is InChI=1S/C11H16O/c1-8-5-6-10-9(7-8)3-2-4-11(10)12/h5-6,8-10H,2-4,7H2,1H3/t8-,9-,10-/m0/s1. The number of ketones is 1. The summed E-state index contributed by atoms with van der Waals surface area (Å²) < 4.78 is 0. The third kappa shape index (κ3) is 1.33. The molecule has 0 unspecified atom stereocenters. The van der Waals surface area contributed by atoms with Crippen molar-refractivity contribution in [3.63, 3.8) is 0 Å². The van der Waals surface area contributed by atoms with E-state index in [2.05, 4.69) is 19.1 Å². The summed E-state index contributed by atoms with van der Waals surface area (Å²) in [6.07, 6.45) is 8.81. The second kappa shape index (κ2) is 3.04. The van der Waals surface area contributed by atoms with Crippen molar-refractivity contribution >= 4 is 5.78 Å². The summed E-state index contributed by atoms with van der Waals surface area (Å²) >= 11 is 0. The molecule has 0 heterocycles. The van der Waals surface area contributed by atoms with E-state index in [0.717, 1.165) is 12.8 Å². The van der Waals surface area contributed by atoms with E-state index in [1.54, 1.807) is 0 Å². The van der Waals surface area contributed by atoms with Crippen LogP contribution in [0.5, 0.6) is 0 Å². The fourth-order valence-corrected chi connectivity index (χ4v) is 2.54. The van der Waals surface area contributed by atoms with Gasteiger partial charge in [0.05, 0.1) is 0 Å². The summed E-state index contributed by atoms with van der Waals surface area (Å²) in [6.45, 7) is 2.24. The Labute approximate surface area is 73.8 Å². The van der Waals surface area contributed by atoms with Gasteiger partial charge < -0.3 is 0 Å². The molecule has 1 fully saturated rings. The third-order valence-electron chi connectivity index (χ3n) is 3.20. The Balaban J connectivity index is 2.16. The van der Waals surface area contributed by atoms with Gasteiger partial charge in [-0.05, 0) is 31.1 Å². The molecule has 0 N–H and O–H groups in total. The number of fused-ring (bicyclic) bond motifs is 1. The number of rotatable bonds is 0. The summed E-state index contributed by atoms with van der Waals surface area (Å²) in [5.41, 5.74) is 0. The maximum atomic E-state index is 11.5. The molecule has 66 valence electrons. The van der Waals surface area contributed by atoms with Crippen molar-refractivity contribution in [3.8, 4) is 0 Å². The van der Waals surface area contributed by atoms with Gasteiger partial charge in [0, 0.05) is 12.3 Å². The van der Waals surface area contributed by atoms with E-state index in [0.29, 0.717) is 17.6 Å². The second-order valence-electron chi connectivity index (χ2n) is 4.24. The molecule has 12 heavy (non-hydrogen) atoms. The Morgan fingerprint density at radius 3 is 3.08 bits per heavy atom. The number of allylic oxidation sites excluding steroid dienone is 2. The molecule has 0 aliphatic heterocycles. The molecular formula is C11H16O. The zero-order chi connectivity index (χ0) is 8.55. The van der Waals surface area contributed by atoms with Crippen LogP contribution in [0.1, 0.15) is 32.6 Å². The van der Waals surface area contributed by atoms with Crippen molar-refractivity contribution in [1.29, 1.82) is 0 Å². The molecule has 2 rings (SSSR count). The molecular weight excluding hydrogens is 148 g/mol. The van der Waals surface area contributed by atoms with E-state index in [1.165, 1.54) is 12.8 Å². The number of Topliss-reactive ketones (excluding diaryl/α,β-unsaturated/α-hetero) is 1. The van der Waals surface area contributed by atoms with Crippen LogP contribution < -0.4 is 0 Å². The largest absolute Gasteiger partial charge is 0.299 e. The maximum Gasteiger partial charge on any atom is 0.139 e. The molecule has 0 aromatic carbocycles. The van der Waals surface area contributed by atoms with E-state index in [9.17, 15) is 4.79 Å². The van der Waals surface area contributed by atoms with E-state index >= 15 is 0 Å². The van der Waals surface area contributed by atoms with Crippen molar-refractivity contribution in [2.24, 2.45) is 17.8 Å². The Kier molecular flexibility index (Phi) is 2.03. The van der Waals surface area contributed by atoms with Gasteiger partial charge in [-0.2, -0.15) is 0 Å². The minimum absolute atomic E-state index is 0.287. The van der Waals surface area contributed by atoms with Crippen LogP contribution in [-0.4, -0.2) is 5.78 Å². The highest BCUT2D eigenvalue weighted by Crippen LogP contribution is 2.36. The molecule has 0 bridgehead atoms. The molecule has 0 radical (unpaired) electrons. The third-order valence-corrected chi connectivity index (χ3v) is 3.20. The van der Waals surface area contributed by atoms with Crippen LogP contribution in [0.4, 0.5) is 0 Å². The van der Waals surface area contributed by atoms with Crippen molar-refractivity contribution in [2.75, 3.05) is 0 Å². The Morgan fingerprint density at radius 1 is 1.42 bits per heavy atom. The Bertz CT molecular complexity index is 217. The van der Waals surface area contributed by atoms with Crippen LogP contribution in [-0.2, 0) is 4.79 Å². The summed E-state index contributed by atoms with van der Waals surface area (Å²) in [5.74, 6) is 2.13. The van der Waals surface area contributed by atoms with Crippen LogP contribution in [0, 0.1) is 17.8 Å². The first-order valence-electron chi connectivity index (χ1n) is 4.98. The minimum atomic E-state index is 0.287. The number of carbonyl (C=O) groups excluding carboxylic acids is 1. The van der Waals surface area contributed by atoms with Crippen LogP contribution in [0.3, 0.4) is 0 Å². The average Bonchev–Trinajstić information content (AvgIpc) is 2.04. The van der Waals surface area contributed by atoms with E-state index in [-0.39, 0.29) is 5.92 Å². The molecule has 2 aliphatic rings. The lowest BCUT2D eigenvalue weighted by atomic mass is 9.71. The van der Waals surface area contributed by atoms with Crippen LogP contribution >= 0.6 is 0 Å². The summed E-state index contributed by atoms with van der Waals surface area (Å²) in [5, 5.41) is 0. The monoisotopic (exact) mass is 164 g/mol. The second-order valence-corrected chi connectivity index (χ2v) is 4.24. The summed E-state index contributed by atoms with van der Waals surface area (Å²) in [4.78, 5) is 11.5. The fraction of sp³-hybridized carbons (Fsp3) is 0.727. The first-order chi connectivity index (χ1) is 5.77. The highest BCUT2D eigenvalue weighted by molar-refractivity contribution is 5.83. The molecule has 3 atom stereocenters. The first kappa shape index (κ1) is 8.03. The SMILES string of the molecule is C[C@H]1C=C[C@@H]2C(=O)CCC[C@H]2C1. The molecule has 0 aromatic rings. The predicted molar refractivity (Wildman–Crippen MR) is 48.8 cm³/mol. The molecule has 2 aliphatic carbocycles. The molecule has 1 saturated carbocycles. The van der Waals surface area contributed by atoms with Gasteiger partial charge in [0.2, 0.25) is 0 Å². The average molecular weight is 164 g/mol. The molecule has 1 heteroatoms. The van der Waals surface area contributed by atoms with Gasteiger partial charge in [-0.25, -0.2) is 0 Å². The summed E-state index contributed by atoms with van der Waals surface area (Å²) in [6, 6.07) is 0. The summed E-state index contributed by atoms with van der Waals surface area (Å²) in [7, 11) is 0. The normalized spacial score (nSPS) is 41.1. The van der Waals surface area contributed by atoms with Gasteiger partial charge in [-0.1, -0.05) is 19.1 Å². The van der Waals surface area contributed by atoms with E-state index in [4.69, 9.17) is 0 Å². The molecule has 1 nitrogen and oxygen atoms in total. The Morgan fingerprint density at radius 2 is 2.25 bits per heavy atom. The lowest BCUT2D eigenvalue weighted by Crippen LogP contribution is -2.30.